The predicted molar refractivity (Wildman–Crippen MR) is 84.6 cm³/mol. The van der Waals surface area contributed by atoms with Crippen LogP contribution >= 0.6 is 0 Å². The van der Waals surface area contributed by atoms with Crippen molar-refractivity contribution >= 4 is 11.0 Å². The van der Waals surface area contributed by atoms with Crippen molar-refractivity contribution < 1.29 is 4.21 Å². The highest BCUT2D eigenvalue weighted by Gasteiger charge is 2.22. The van der Waals surface area contributed by atoms with Crippen LogP contribution in [0.5, 0.6) is 0 Å². The molecule has 0 saturated carbocycles. The second-order valence-electron chi connectivity index (χ2n) is 6.28. The minimum Gasteiger partial charge on any atom is -0.242 e. The van der Waals surface area contributed by atoms with E-state index < -0.39 is 11.0 Å². The number of benzene rings is 1. The molecule has 108 valence electrons. The highest BCUT2D eigenvalue weighted by molar-refractivity contribution is 7.84. The summed E-state index contributed by atoms with van der Waals surface area (Å²) in [6, 6.07) is 8.79. The van der Waals surface area contributed by atoms with Gasteiger partial charge in [-0.05, 0) is 44.2 Å². The molecular formula is C16H27NOS. The van der Waals surface area contributed by atoms with Crippen molar-refractivity contribution in [1.82, 2.24) is 4.72 Å². The number of rotatable bonds is 5. The zero-order chi connectivity index (χ0) is 14.6. The molecule has 0 heterocycles. The fraction of sp³-hybridized carbons (Fsp3) is 0.625. The van der Waals surface area contributed by atoms with Gasteiger partial charge in [0, 0.05) is 6.04 Å². The minimum absolute atomic E-state index is 0.154. The Balaban J connectivity index is 2.83. The Bertz CT molecular complexity index is 417. The summed E-state index contributed by atoms with van der Waals surface area (Å²) in [4.78, 5) is 0. The summed E-state index contributed by atoms with van der Waals surface area (Å²) >= 11 is 0. The molecule has 19 heavy (non-hydrogen) atoms. The predicted octanol–water partition coefficient (Wildman–Crippen LogP) is 4.31. The van der Waals surface area contributed by atoms with Gasteiger partial charge in [0.15, 0.2) is 0 Å². The van der Waals surface area contributed by atoms with Crippen LogP contribution in [0.3, 0.4) is 0 Å². The summed E-state index contributed by atoms with van der Waals surface area (Å²) in [5.74, 6) is 0.547. The van der Waals surface area contributed by atoms with Crippen LogP contribution in [0.1, 0.15) is 71.0 Å². The molecule has 0 radical (unpaired) electrons. The van der Waals surface area contributed by atoms with Gasteiger partial charge < -0.3 is 0 Å². The third kappa shape index (κ3) is 4.73. The molecule has 3 heteroatoms. The van der Waals surface area contributed by atoms with Crippen LogP contribution in [-0.2, 0) is 11.0 Å². The first-order valence-electron chi connectivity index (χ1n) is 7.03. The summed E-state index contributed by atoms with van der Waals surface area (Å²) in [5.41, 5.74) is 2.56. The van der Waals surface area contributed by atoms with Gasteiger partial charge in [0.1, 0.15) is 0 Å². The van der Waals surface area contributed by atoms with E-state index in [4.69, 9.17) is 0 Å². The van der Waals surface area contributed by atoms with E-state index in [-0.39, 0.29) is 10.8 Å². The normalized spacial score (nSPS) is 15.5. The van der Waals surface area contributed by atoms with E-state index in [2.05, 4.69) is 49.8 Å². The van der Waals surface area contributed by atoms with Crippen molar-refractivity contribution in [1.29, 1.82) is 0 Å². The van der Waals surface area contributed by atoms with Gasteiger partial charge in [0.05, 0.1) is 15.7 Å². The highest BCUT2D eigenvalue weighted by atomic mass is 32.2. The maximum atomic E-state index is 12.2. The van der Waals surface area contributed by atoms with Gasteiger partial charge >= 0.3 is 0 Å². The summed E-state index contributed by atoms with van der Waals surface area (Å²) < 4.78 is 15.2. The number of hydrogen-bond donors (Lipinski definition) is 1. The molecule has 0 bridgehead atoms. The number of nitrogens with one attached hydrogen (secondary N) is 1. The second kappa shape index (κ2) is 6.67. The molecule has 0 aliphatic rings. The van der Waals surface area contributed by atoms with Crippen LogP contribution in [0.4, 0.5) is 0 Å². The SMILES string of the molecule is CCC(NS(=O)C(C)(C)C)c1ccc(C(C)C)cc1. The Hall–Kier alpha value is -0.670. The smallest absolute Gasteiger partial charge is 0.0975 e. The average Bonchev–Trinajstić information content (AvgIpc) is 2.34. The summed E-state index contributed by atoms with van der Waals surface area (Å²) in [6.07, 6.45) is 0.933. The zero-order valence-electron chi connectivity index (χ0n) is 13.0. The van der Waals surface area contributed by atoms with Gasteiger partial charge in [0.2, 0.25) is 0 Å². The largest absolute Gasteiger partial charge is 0.242 e. The average molecular weight is 281 g/mol. The monoisotopic (exact) mass is 281 g/mol. The summed E-state index contributed by atoms with van der Waals surface area (Å²) in [7, 11) is -1.03. The molecule has 1 N–H and O–H groups in total. The lowest BCUT2D eigenvalue weighted by Gasteiger charge is -2.24. The molecule has 1 aromatic carbocycles. The van der Waals surface area contributed by atoms with Gasteiger partial charge in [-0.25, -0.2) is 8.93 Å². The Labute approximate surface area is 120 Å². The molecule has 0 saturated heterocycles. The Morgan fingerprint density at radius 2 is 1.58 bits per heavy atom. The number of hydrogen-bond acceptors (Lipinski definition) is 1. The van der Waals surface area contributed by atoms with Crippen molar-refractivity contribution in [3.05, 3.63) is 35.4 Å². The van der Waals surface area contributed by atoms with E-state index in [1.54, 1.807) is 0 Å². The maximum absolute atomic E-state index is 12.2. The molecule has 1 rings (SSSR count). The third-order valence-corrected chi connectivity index (χ3v) is 4.83. The van der Waals surface area contributed by atoms with Crippen molar-refractivity contribution in [3.63, 3.8) is 0 Å². The van der Waals surface area contributed by atoms with Crippen LogP contribution in [0.2, 0.25) is 0 Å². The molecule has 2 nitrogen and oxygen atoms in total. The fourth-order valence-corrected chi connectivity index (χ4v) is 2.72. The molecule has 0 aliphatic carbocycles. The van der Waals surface area contributed by atoms with Crippen molar-refractivity contribution in [2.45, 2.75) is 64.7 Å². The van der Waals surface area contributed by atoms with Gasteiger partial charge in [-0.3, -0.25) is 0 Å². The lowest BCUT2D eigenvalue weighted by molar-refractivity contribution is 0.589. The van der Waals surface area contributed by atoms with Crippen LogP contribution < -0.4 is 4.72 Å². The maximum Gasteiger partial charge on any atom is 0.0975 e. The van der Waals surface area contributed by atoms with Crippen molar-refractivity contribution in [3.8, 4) is 0 Å². The van der Waals surface area contributed by atoms with E-state index in [1.165, 1.54) is 11.1 Å². The van der Waals surface area contributed by atoms with E-state index in [9.17, 15) is 4.21 Å². The van der Waals surface area contributed by atoms with Crippen LogP contribution in [-0.4, -0.2) is 8.96 Å². The lowest BCUT2D eigenvalue weighted by Crippen LogP contribution is -2.35. The van der Waals surface area contributed by atoms with Gasteiger partial charge in [-0.15, -0.1) is 0 Å². The van der Waals surface area contributed by atoms with E-state index in [1.807, 2.05) is 20.8 Å². The van der Waals surface area contributed by atoms with Crippen molar-refractivity contribution in [2.75, 3.05) is 0 Å². The standard InChI is InChI=1S/C16H27NOS/c1-7-15(17-19(18)16(4,5)6)14-10-8-13(9-11-14)12(2)3/h8-12,15,17H,7H2,1-6H3. The quantitative estimate of drug-likeness (QED) is 0.856. The molecular weight excluding hydrogens is 254 g/mol. The molecule has 0 spiro atoms. The van der Waals surface area contributed by atoms with Crippen LogP contribution in [0.25, 0.3) is 0 Å². The Morgan fingerprint density at radius 3 is 1.95 bits per heavy atom. The first-order valence-corrected chi connectivity index (χ1v) is 8.18. The molecule has 0 aromatic heterocycles. The molecule has 0 amide bonds. The highest BCUT2D eigenvalue weighted by Crippen LogP contribution is 2.22. The summed E-state index contributed by atoms with van der Waals surface area (Å²) in [5, 5.41) is 0. The van der Waals surface area contributed by atoms with Crippen LogP contribution in [0.15, 0.2) is 24.3 Å². The Kier molecular flexibility index (Phi) is 5.75. The first-order chi connectivity index (χ1) is 8.75. The Morgan fingerprint density at radius 1 is 1.11 bits per heavy atom. The molecule has 2 atom stereocenters. The van der Waals surface area contributed by atoms with E-state index in [0.29, 0.717) is 5.92 Å². The van der Waals surface area contributed by atoms with Crippen LogP contribution in [0, 0.1) is 0 Å². The first kappa shape index (κ1) is 16.4. The lowest BCUT2D eigenvalue weighted by atomic mass is 9.98. The van der Waals surface area contributed by atoms with Gasteiger partial charge in [-0.2, -0.15) is 0 Å². The molecule has 2 unspecified atom stereocenters. The van der Waals surface area contributed by atoms with Gasteiger partial charge in [0.25, 0.3) is 0 Å². The van der Waals surface area contributed by atoms with E-state index >= 15 is 0 Å². The fourth-order valence-electron chi connectivity index (χ4n) is 1.81. The van der Waals surface area contributed by atoms with E-state index in [0.717, 1.165) is 6.42 Å². The van der Waals surface area contributed by atoms with Crippen molar-refractivity contribution in [2.24, 2.45) is 0 Å². The van der Waals surface area contributed by atoms with Gasteiger partial charge in [-0.1, -0.05) is 45.0 Å². The second-order valence-corrected chi connectivity index (χ2v) is 8.28. The molecule has 0 fully saturated rings. The minimum atomic E-state index is -1.03. The zero-order valence-corrected chi connectivity index (χ0v) is 13.8. The summed E-state index contributed by atoms with van der Waals surface area (Å²) in [6.45, 7) is 12.5. The molecule has 0 aliphatic heterocycles. The topological polar surface area (TPSA) is 29.1 Å². The molecule has 1 aromatic rings. The third-order valence-electron chi connectivity index (χ3n) is 3.22.